The third kappa shape index (κ3) is 4.50. The quantitative estimate of drug-likeness (QED) is 0.491. The van der Waals surface area contributed by atoms with Crippen molar-refractivity contribution in [2.75, 3.05) is 18.7 Å². The lowest BCUT2D eigenvalue weighted by molar-refractivity contribution is 0.256. The number of hydrogen-bond donors (Lipinski definition) is 2. The van der Waals surface area contributed by atoms with Crippen LogP contribution in [0.15, 0.2) is 83.9 Å². The standard InChI is InChI=1S/C24H21ClN6/c25-19-11-12-21-20(13-19)22(18-9-5-2-6-10-18)29-24(28-21)30-23-26-15-31(16-27-23)14-17-7-3-1-4-8-17/h1-13H,14-16H2,(H2,26,27,28,29,30). The molecule has 1 aliphatic heterocycles. The van der Waals surface area contributed by atoms with E-state index in [9.17, 15) is 0 Å². The fourth-order valence-electron chi connectivity index (χ4n) is 3.57. The summed E-state index contributed by atoms with van der Waals surface area (Å²) in [5, 5.41) is 8.13. The van der Waals surface area contributed by atoms with Gasteiger partial charge < -0.3 is 5.32 Å². The zero-order valence-electron chi connectivity index (χ0n) is 16.8. The van der Waals surface area contributed by atoms with Gasteiger partial charge in [0.2, 0.25) is 11.9 Å². The fourth-order valence-corrected chi connectivity index (χ4v) is 3.75. The molecule has 1 aliphatic rings. The molecule has 0 atom stereocenters. The maximum atomic E-state index is 6.24. The highest BCUT2D eigenvalue weighted by atomic mass is 35.5. The predicted molar refractivity (Wildman–Crippen MR) is 126 cm³/mol. The average Bonchev–Trinajstić information content (AvgIpc) is 2.81. The Labute approximate surface area is 185 Å². The molecule has 0 spiro atoms. The smallest absolute Gasteiger partial charge is 0.230 e. The third-order valence-electron chi connectivity index (χ3n) is 5.08. The van der Waals surface area contributed by atoms with E-state index >= 15 is 0 Å². The number of aromatic nitrogens is 2. The lowest BCUT2D eigenvalue weighted by Gasteiger charge is -2.26. The second-order valence-corrected chi connectivity index (χ2v) is 7.78. The van der Waals surface area contributed by atoms with E-state index in [1.165, 1.54) is 5.56 Å². The van der Waals surface area contributed by atoms with Crippen LogP contribution in [0.4, 0.5) is 5.95 Å². The number of fused-ring (bicyclic) bond motifs is 1. The molecule has 3 aromatic carbocycles. The first-order valence-electron chi connectivity index (χ1n) is 10.1. The molecule has 1 aromatic heterocycles. The van der Waals surface area contributed by atoms with Crippen molar-refractivity contribution in [3.05, 3.63) is 89.4 Å². The Morgan fingerprint density at radius 1 is 0.935 bits per heavy atom. The summed E-state index contributed by atoms with van der Waals surface area (Å²) in [4.78, 5) is 16.3. The molecule has 0 saturated heterocycles. The van der Waals surface area contributed by atoms with Crippen LogP contribution in [0.5, 0.6) is 0 Å². The molecule has 0 radical (unpaired) electrons. The number of aliphatic imine (C=N–C) groups is 1. The monoisotopic (exact) mass is 428 g/mol. The summed E-state index contributed by atoms with van der Waals surface area (Å²) in [6, 6.07) is 26.1. The molecule has 4 aromatic rings. The molecule has 0 amide bonds. The molecule has 0 saturated carbocycles. The van der Waals surface area contributed by atoms with Gasteiger partial charge in [-0.2, -0.15) is 0 Å². The van der Waals surface area contributed by atoms with Gasteiger partial charge in [0.15, 0.2) is 0 Å². The molecular weight excluding hydrogens is 408 g/mol. The van der Waals surface area contributed by atoms with E-state index in [0.717, 1.165) is 28.7 Å². The maximum Gasteiger partial charge on any atom is 0.230 e. The van der Waals surface area contributed by atoms with Crippen LogP contribution in [-0.4, -0.2) is 34.2 Å². The first-order valence-corrected chi connectivity index (χ1v) is 10.5. The number of nitrogens with zero attached hydrogens (tertiary/aromatic N) is 4. The Bertz CT molecular complexity index is 1230. The van der Waals surface area contributed by atoms with E-state index in [1.807, 2.05) is 54.6 Å². The summed E-state index contributed by atoms with van der Waals surface area (Å²) in [6.07, 6.45) is 0. The minimum Gasteiger partial charge on any atom is -0.343 e. The number of guanidine groups is 1. The molecule has 5 rings (SSSR count). The van der Waals surface area contributed by atoms with Gasteiger partial charge in [0.1, 0.15) is 0 Å². The Kier molecular flexibility index (Phi) is 5.48. The summed E-state index contributed by atoms with van der Waals surface area (Å²) in [7, 11) is 0. The predicted octanol–water partition coefficient (Wildman–Crippen LogP) is 4.74. The van der Waals surface area contributed by atoms with E-state index in [1.54, 1.807) is 0 Å². The normalized spacial score (nSPS) is 14.2. The van der Waals surface area contributed by atoms with Crippen LogP contribution in [0, 0.1) is 0 Å². The molecule has 2 heterocycles. The van der Waals surface area contributed by atoms with Crippen molar-refractivity contribution in [2.24, 2.45) is 4.99 Å². The molecule has 7 heteroatoms. The fraction of sp³-hybridized carbons (Fsp3) is 0.125. The molecule has 0 unspecified atom stereocenters. The van der Waals surface area contributed by atoms with E-state index < -0.39 is 0 Å². The Morgan fingerprint density at radius 2 is 1.71 bits per heavy atom. The minimum atomic E-state index is 0.497. The average molecular weight is 429 g/mol. The second kappa shape index (κ2) is 8.71. The molecular formula is C24H21ClN6. The van der Waals surface area contributed by atoms with Gasteiger partial charge in [-0.3, -0.25) is 10.2 Å². The lowest BCUT2D eigenvalue weighted by Crippen LogP contribution is -2.45. The lowest BCUT2D eigenvalue weighted by atomic mass is 10.1. The molecule has 0 aliphatic carbocycles. The minimum absolute atomic E-state index is 0.497. The molecule has 0 bridgehead atoms. The number of benzene rings is 3. The van der Waals surface area contributed by atoms with Crippen molar-refractivity contribution < 1.29 is 0 Å². The Morgan fingerprint density at radius 3 is 2.45 bits per heavy atom. The zero-order chi connectivity index (χ0) is 21.0. The SMILES string of the molecule is Clc1ccc2nc(NC3=NCN(Cc4ccccc4)CN3)nc(-c3ccccc3)c2c1. The molecule has 6 nitrogen and oxygen atoms in total. The zero-order valence-corrected chi connectivity index (χ0v) is 17.5. The number of nitrogens with one attached hydrogen (secondary N) is 2. The largest absolute Gasteiger partial charge is 0.343 e. The molecule has 2 N–H and O–H groups in total. The van der Waals surface area contributed by atoms with Gasteiger partial charge in [-0.15, -0.1) is 0 Å². The van der Waals surface area contributed by atoms with E-state index in [4.69, 9.17) is 16.6 Å². The van der Waals surface area contributed by atoms with Crippen LogP contribution in [0.2, 0.25) is 5.02 Å². The summed E-state index contributed by atoms with van der Waals surface area (Å²) in [5.74, 6) is 1.16. The first-order chi connectivity index (χ1) is 15.2. The summed E-state index contributed by atoms with van der Waals surface area (Å²) < 4.78 is 0. The third-order valence-corrected chi connectivity index (χ3v) is 5.32. The number of hydrogen-bond acceptors (Lipinski definition) is 6. The van der Waals surface area contributed by atoms with Crippen LogP contribution in [0.3, 0.4) is 0 Å². The van der Waals surface area contributed by atoms with Gasteiger partial charge in [0, 0.05) is 22.5 Å². The maximum absolute atomic E-state index is 6.24. The van der Waals surface area contributed by atoms with Gasteiger partial charge in [-0.05, 0) is 23.8 Å². The van der Waals surface area contributed by atoms with Gasteiger partial charge >= 0.3 is 0 Å². The highest BCUT2D eigenvalue weighted by Gasteiger charge is 2.15. The van der Waals surface area contributed by atoms with Crippen LogP contribution in [0.1, 0.15) is 5.56 Å². The number of rotatable bonds is 4. The van der Waals surface area contributed by atoms with Crippen molar-refractivity contribution in [2.45, 2.75) is 6.54 Å². The Balaban J connectivity index is 1.39. The molecule has 154 valence electrons. The first kappa shape index (κ1) is 19.5. The van der Waals surface area contributed by atoms with Crippen LogP contribution in [-0.2, 0) is 6.54 Å². The highest BCUT2D eigenvalue weighted by Crippen LogP contribution is 2.29. The van der Waals surface area contributed by atoms with Gasteiger partial charge in [0.05, 0.1) is 24.5 Å². The van der Waals surface area contributed by atoms with E-state index in [0.29, 0.717) is 30.3 Å². The summed E-state index contributed by atoms with van der Waals surface area (Å²) >= 11 is 6.24. The van der Waals surface area contributed by atoms with Crippen LogP contribution < -0.4 is 10.6 Å². The van der Waals surface area contributed by atoms with Crippen molar-refractivity contribution in [3.8, 4) is 11.3 Å². The van der Waals surface area contributed by atoms with Crippen molar-refractivity contribution in [3.63, 3.8) is 0 Å². The van der Waals surface area contributed by atoms with Gasteiger partial charge in [-0.1, -0.05) is 72.3 Å². The summed E-state index contributed by atoms with van der Waals surface area (Å²) in [5.41, 5.74) is 3.92. The van der Waals surface area contributed by atoms with E-state index in [-0.39, 0.29) is 0 Å². The summed E-state index contributed by atoms with van der Waals surface area (Å²) in [6.45, 7) is 2.13. The number of halogens is 1. The molecule has 31 heavy (non-hydrogen) atoms. The number of anilines is 1. The van der Waals surface area contributed by atoms with Crippen molar-refractivity contribution >= 4 is 34.4 Å². The molecule has 0 fully saturated rings. The van der Waals surface area contributed by atoms with Gasteiger partial charge in [0.25, 0.3) is 0 Å². The van der Waals surface area contributed by atoms with Crippen LogP contribution in [0.25, 0.3) is 22.2 Å². The Hall–Kier alpha value is -3.48. The van der Waals surface area contributed by atoms with E-state index in [2.05, 4.69) is 49.8 Å². The van der Waals surface area contributed by atoms with Crippen molar-refractivity contribution in [1.29, 1.82) is 0 Å². The van der Waals surface area contributed by atoms with Crippen molar-refractivity contribution in [1.82, 2.24) is 20.2 Å². The second-order valence-electron chi connectivity index (χ2n) is 7.35. The topological polar surface area (TPSA) is 65.4 Å². The highest BCUT2D eigenvalue weighted by molar-refractivity contribution is 6.31. The van der Waals surface area contributed by atoms with Crippen LogP contribution >= 0.6 is 11.6 Å². The van der Waals surface area contributed by atoms with Gasteiger partial charge in [-0.25, -0.2) is 15.0 Å².